The number of thioether (sulfide) groups is 1. The van der Waals surface area contributed by atoms with Gasteiger partial charge in [-0.2, -0.15) is 9.44 Å². The van der Waals surface area contributed by atoms with Crippen molar-refractivity contribution in [1.82, 2.24) is 9.44 Å². The maximum Gasteiger partial charge on any atom is 0.345 e. The van der Waals surface area contributed by atoms with Gasteiger partial charge in [-0.1, -0.05) is 36.4 Å². The first kappa shape index (κ1) is 28.0. The van der Waals surface area contributed by atoms with Gasteiger partial charge in [0.2, 0.25) is 20.0 Å². The van der Waals surface area contributed by atoms with E-state index in [1.807, 2.05) is 0 Å². The van der Waals surface area contributed by atoms with Gasteiger partial charge in [-0.15, -0.1) is 23.1 Å². The van der Waals surface area contributed by atoms with Crippen LogP contribution in [0.25, 0.3) is 4.91 Å². The van der Waals surface area contributed by atoms with Crippen molar-refractivity contribution in [3.63, 3.8) is 0 Å². The summed E-state index contributed by atoms with van der Waals surface area (Å²) in [5.74, 6) is -2.68. The van der Waals surface area contributed by atoms with Gasteiger partial charge >= 0.3 is 11.9 Å². The molecule has 0 saturated heterocycles. The second kappa shape index (κ2) is 10.3. The van der Waals surface area contributed by atoms with Crippen molar-refractivity contribution in [2.24, 2.45) is 0 Å². The Kier molecular flexibility index (Phi) is 7.58. The molecule has 0 saturated carbocycles. The minimum Gasteiger partial charge on any atom is -0.480 e. The van der Waals surface area contributed by atoms with Crippen LogP contribution in [0, 0.1) is 13.8 Å². The molecule has 10 nitrogen and oxygen atoms in total. The van der Waals surface area contributed by atoms with Crippen molar-refractivity contribution in [2.45, 2.75) is 34.6 Å². The summed E-state index contributed by atoms with van der Waals surface area (Å²) in [6.45, 7) is 3.11. The highest BCUT2D eigenvalue weighted by Crippen LogP contribution is 2.47. The second-order valence-corrected chi connectivity index (χ2v) is 14.0. The number of hydrogen-bond donors (Lipinski definition) is 4. The highest BCUT2D eigenvalue weighted by molar-refractivity contribution is 8.10. The van der Waals surface area contributed by atoms with E-state index in [1.165, 1.54) is 42.5 Å². The van der Waals surface area contributed by atoms with E-state index in [2.05, 4.69) is 9.44 Å². The van der Waals surface area contributed by atoms with E-state index < -0.39 is 42.9 Å². The molecule has 200 valence electrons. The fourth-order valence-electron chi connectivity index (χ4n) is 3.95. The molecule has 14 heteroatoms. The molecule has 4 N–H and O–H groups in total. The number of benzene rings is 2. The van der Waals surface area contributed by atoms with Crippen LogP contribution in [-0.4, -0.2) is 49.9 Å². The van der Waals surface area contributed by atoms with Gasteiger partial charge in [0.05, 0.1) is 9.79 Å². The average Bonchev–Trinajstić information content (AvgIpc) is 3.44. The Labute approximate surface area is 227 Å². The predicted molar refractivity (Wildman–Crippen MR) is 144 cm³/mol. The Bertz CT molecular complexity index is 1600. The summed E-state index contributed by atoms with van der Waals surface area (Å²) in [6, 6.07) is 14.8. The lowest BCUT2D eigenvalue weighted by Gasteiger charge is -2.33. The number of aryl methyl sites for hydroxylation is 2. The minimum atomic E-state index is -4.47. The van der Waals surface area contributed by atoms with Crippen LogP contribution in [0.3, 0.4) is 0 Å². The van der Waals surface area contributed by atoms with Crippen molar-refractivity contribution in [2.75, 3.05) is 0 Å². The molecule has 0 spiro atoms. The Morgan fingerprint density at radius 1 is 0.816 bits per heavy atom. The Hall–Kier alpha value is -3.01. The summed E-state index contributed by atoms with van der Waals surface area (Å²) in [4.78, 5) is 24.1. The van der Waals surface area contributed by atoms with E-state index in [9.17, 15) is 36.6 Å². The van der Waals surface area contributed by atoms with E-state index in [4.69, 9.17) is 0 Å². The predicted octanol–water partition coefficient (Wildman–Crippen LogP) is 3.26. The summed E-state index contributed by atoms with van der Waals surface area (Å²) in [7, 11) is -8.93. The Balaban J connectivity index is 1.91. The van der Waals surface area contributed by atoms with Gasteiger partial charge < -0.3 is 10.2 Å². The zero-order valence-corrected chi connectivity index (χ0v) is 23.2. The number of aromatic carboxylic acids is 1. The highest BCUT2D eigenvalue weighted by atomic mass is 32.2. The molecular formula is C24H22N2O8S4. The average molecular weight is 595 g/mol. The van der Waals surface area contributed by atoms with Crippen LogP contribution in [0.5, 0.6) is 0 Å². The van der Waals surface area contributed by atoms with Gasteiger partial charge in [0.15, 0.2) is 0 Å². The Morgan fingerprint density at radius 2 is 1.32 bits per heavy atom. The zero-order chi connectivity index (χ0) is 27.9. The summed E-state index contributed by atoms with van der Waals surface area (Å²) >= 11 is 1.56. The third kappa shape index (κ3) is 5.41. The molecule has 0 aliphatic carbocycles. The molecule has 1 unspecified atom stereocenters. The molecule has 38 heavy (non-hydrogen) atoms. The third-order valence-electron chi connectivity index (χ3n) is 5.67. The van der Waals surface area contributed by atoms with E-state index in [-0.39, 0.29) is 19.6 Å². The van der Waals surface area contributed by atoms with Gasteiger partial charge in [0.25, 0.3) is 0 Å². The van der Waals surface area contributed by atoms with E-state index in [0.717, 1.165) is 11.3 Å². The van der Waals surface area contributed by atoms with Crippen LogP contribution in [-0.2, 0) is 24.8 Å². The molecule has 0 amide bonds. The molecule has 1 aliphatic rings. The van der Waals surface area contributed by atoms with Crippen LogP contribution in [0.4, 0.5) is 0 Å². The highest BCUT2D eigenvalue weighted by Gasteiger charge is 2.53. The van der Waals surface area contributed by atoms with Crippen molar-refractivity contribution >= 4 is 60.0 Å². The van der Waals surface area contributed by atoms with Gasteiger partial charge in [0.1, 0.15) is 15.8 Å². The van der Waals surface area contributed by atoms with E-state index >= 15 is 0 Å². The number of carbonyl (C=O) groups is 2. The smallest absolute Gasteiger partial charge is 0.345 e. The van der Waals surface area contributed by atoms with Crippen molar-refractivity contribution in [3.8, 4) is 0 Å². The van der Waals surface area contributed by atoms with Crippen LogP contribution in [0.2, 0.25) is 0 Å². The minimum absolute atomic E-state index is 0.0214. The first-order valence-corrected chi connectivity index (χ1v) is 15.6. The van der Waals surface area contributed by atoms with Crippen LogP contribution < -0.4 is 9.44 Å². The molecule has 1 atom stereocenters. The fraction of sp³-hybridized carbons (Fsp3) is 0.167. The standard InChI is InChI=1S/C24H22N2O8S4/c1-14-7-3-5-9-19(14)37(31,32)25-24(26-38(33,34)20-10-6-4-8-15(20)2)13-18(36-21(24)23(29)30)16-11-12-17(35-16)22(27)28/h3-13,21,25-26H,1-2H3,(H,27,28)(H,29,30). The van der Waals surface area contributed by atoms with Crippen LogP contribution in [0.15, 0.2) is 76.5 Å². The maximum absolute atomic E-state index is 13.6. The molecule has 4 rings (SSSR count). The third-order valence-corrected chi connectivity index (χ3v) is 11.6. The van der Waals surface area contributed by atoms with E-state index in [1.54, 1.807) is 38.1 Å². The quantitative estimate of drug-likeness (QED) is 0.272. The molecule has 3 aromatic rings. The van der Waals surface area contributed by atoms with Crippen LogP contribution in [0.1, 0.15) is 25.7 Å². The van der Waals surface area contributed by atoms with Crippen molar-refractivity contribution < 1.29 is 36.6 Å². The molecule has 1 aliphatic heterocycles. The first-order valence-electron chi connectivity index (χ1n) is 10.9. The molecule has 2 aromatic carbocycles. The molecular weight excluding hydrogens is 573 g/mol. The summed E-state index contributed by atoms with van der Waals surface area (Å²) in [5, 5.41) is 17.8. The first-order chi connectivity index (χ1) is 17.8. The number of carboxylic acids is 2. The lowest BCUT2D eigenvalue weighted by molar-refractivity contribution is -0.137. The molecule has 0 fully saturated rings. The number of sulfonamides is 2. The van der Waals surface area contributed by atoms with Crippen LogP contribution >= 0.6 is 23.1 Å². The number of hydrogen-bond acceptors (Lipinski definition) is 8. The summed E-state index contributed by atoms with van der Waals surface area (Å²) < 4.78 is 58.9. The lowest BCUT2D eigenvalue weighted by Crippen LogP contribution is -2.65. The zero-order valence-electron chi connectivity index (χ0n) is 19.9. The molecule has 0 radical (unpaired) electrons. The monoisotopic (exact) mass is 594 g/mol. The maximum atomic E-state index is 13.6. The number of rotatable bonds is 9. The van der Waals surface area contributed by atoms with Gasteiger partial charge in [0, 0.05) is 9.78 Å². The van der Waals surface area contributed by atoms with Gasteiger partial charge in [-0.25, -0.2) is 21.6 Å². The summed E-state index contributed by atoms with van der Waals surface area (Å²) in [6.07, 6.45) is 1.18. The number of nitrogens with one attached hydrogen (secondary N) is 2. The van der Waals surface area contributed by atoms with Crippen molar-refractivity contribution in [3.05, 3.63) is 87.6 Å². The normalized spacial score (nSPS) is 17.2. The fourth-order valence-corrected chi connectivity index (χ4v) is 9.42. The van der Waals surface area contributed by atoms with Crippen molar-refractivity contribution in [1.29, 1.82) is 0 Å². The number of thiophene rings is 1. The van der Waals surface area contributed by atoms with Gasteiger partial charge in [-0.3, -0.25) is 4.79 Å². The second-order valence-electron chi connectivity index (χ2n) is 8.42. The van der Waals surface area contributed by atoms with E-state index in [0.29, 0.717) is 27.8 Å². The number of carboxylic acid groups (broad SMARTS) is 2. The SMILES string of the molecule is Cc1ccccc1S(=O)(=O)NC1(NS(=O)(=O)c2ccccc2C)C=C(c2ccc(C(=O)O)s2)SC1C(=O)O. The molecule has 1 aromatic heterocycles. The largest absolute Gasteiger partial charge is 0.480 e. The Morgan fingerprint density at radius 3 is 1.74 bits per heavy atom. The molecule has 2 heterocycles. The molecule has 0 bridgehead atoms. The topological polar surface area (TPSA) is 167 Å². The number of aliphatic carboxylic acids is 1. The lowest BCUT2D eigenvalue weighted by atomic mass is 10.1. The van der Waals surface area contributed by atoms with Gasteiger partial charge in [-0.05, 0) is 55.3 Å². The summed E-state index contributed by atoms with van der Waals surface area (Å²) in [5.41, 5.74) is -1.62.